The van der Waals surface area contributed by atoms with E-state index in [4.69, 9.17) is 27.9 Å². The predicted molar refractivity (Wildman–Crippen MR) is 95.6 cm³/mol. The van der Waals surface area contributed by atoms with Crippen molar-refractivity contribution in [3.63, 3.8) is 0 Å². The van der Waals surface area contributed by atoms with Gasteiger partial charge >= 0.3 is 12.0 Å². The summed E-state index contributed by atoms with van der Waals surface area (Å²) in [7, 11) is 0. The number of nitrogens with zero attached hydrogens (tertiary/aromatic N) is 3. The molecular formula is C19H13Cl2F3N3O+. The molecule has 1 aliphatic carbocycles. The van der Waals surface area contributed by atoms with Crippen LogP contribution in [0.3, 0.4) is 0 Å². The number of benzene rings is 2. The molecule has 0 spiro atoms. The maximum atomic E-state index is 13.0. The number of halogens is 5. The van der Waals surface area contributed by atoms with Crippen LogP contribution >= 0.6 is 23.2 Å². The summed E-state index contributed by atoms with van der Waals surface area (Å²) in [5, 5.41) is 4.23. The van der Waals surface area contributed by atoms with E-state index in [9.17, 15) is 13.2 Å². The summed E-state index contributed by atoms with van der Waals surface area (Å²) in [6, 6.07) is 9.78. The summed E-state index contributed by atoms with van der Waals surface area (Å²) < 4.78 is 48.4. The van der Waals surface area contributed by atoms with Gasteiger partial charge in [0.15, 0.2) is 5.69 Å². The fraction of sp³-hybridized carbons (Fsp3) is 0.263. The van der Waals surface area contributed by atoms with Gasteiger partial charge in [-0.2, -0.15) is 13.2 Å². The van der Waals surface area contributed by atoms with E-state index >= 15 is 0 Å². The predicted octanol–water partition coefficient (Wildman–Crippen LogP) is 4.53. The molecule has 1 aromatic heterocycles. The van der Waals surface area contributed by atoms with Gasteiger partial charge < -0.3 is 4.74 Å². The van der Waals surface area contributed by atoms with Crippen LogP contribution in [-0.2, 0) is 23.9 Å². The second-order valence-electron chi connectivity index (χ2n) is 6.87. The molecule has 0 saturated heterocycles. The molecule has 2 atom stereocenters. The van der Waals surface area contributed by atoms with Crippen LogP contribution < -0.4 is 4.57 Å². The van der Waals surface area contributed by atoms with Gasteiger partial charge in [0.05, 0.1) is 15.6 Å². The van der Waals surface area contributed by atoms with Crippen molar-refractivity contribution in [3.8, 4) is 5.69 Å². The van der Waals surface area contributed by atoms with Crippen LogP contribution in [0.2, 0.25) is 10.0 Å². The molecule has 0 bridgehead atoms. The Kier molecular flexibility index (Phi) is 3.98. The van der Waals surface area contributed by atoms with Crippen molar-refractivity contribution in [3.05, 3.63) is 75.3 Å². The van der Waals surface area contributed by atoms with Gasteiger partial charge in [-0.15, -0.1) is 0 Å². The largest absolute Gasteiger partial charge is 0.416 e. The van der Waals surface area contributed by atoms with E-state index in [2.05, 4.69) is 17.2 Å². The molecule has 1 unspecified atom stereocenters. The minimum Gasteiger partial charge on any atom is -0.363 e. The highest BCUT2D eigenvalue weighted by molar-refractivity contribution is 6.37. The first-order chi connectivity index (χ1) is 13.3. The summed E-state index contributed by atoms with van der Waals surface area (Å²) in [6.07, 6.45) is -2.01. The topological polar surface area (TPSA) is 30.9 Å². The van der Waals surface area contributed by atoms with Crippen molar-refractivity contribution < 1.29 is 22.5 Å². The lowest BCUT2D eigenvalue weighted by Crippen LogP contribution is -2.51. The number of hydrogen-bond acceptors (Lipinski definition) is 2. The minimum absolute atomic E-state index is 0.00824. The molecule has 1 aliphatic heterocycles. The van der Waals surface area contributed by atoms with E-state index in [1.54, 1.807) is 6.33 Å². The molecule has 2 aromatic carbocycles. The van der Waals surface area contributed by atoms with E-state index in [0.29, 0.717) is 12.4 Å². The Morgan fingerprint density at radius 1 is 1.14 bits per heavy atom. The number of fused-ring (bicyclic) bond motifs is 5. The number of alkyl halides is 3. The molecule has 28 heavy (non-hydrogen) atoms. The van der Waals surface area contributed by atoms with Gasteiger partial charge in [0.2, 0.25) is 6.33 Å². The normalized spacial score (nSPS) is 20.6. The lowest BCUT2D eigenvalue weighted by molar-refractivity contribution is -0.739. The van der Waals surface area contributed by atoms with Gasteiger partial charge in [-0.1, -0.05) is 52.1 Å². The Bertz CT molecular complexity index is 1070. The summed E-state index contributed by atoms with van der Waals surface area (Å²) in [5.41, 5.74) is 1.68. The lowest BCUT2D eigenvalue weighted by atomic mass is 10.1. The summed E-state index contributed by atoms with van der Waals surface area (Å²) in [6.45, 7) is 0.304. The van der Waals surface area contributed by atoms with Crippen molar-refractivity contribution in [1.29, 1.82) is 0 Å². The molecule has 9 heteroatoms. The quantitative estimate of drug-likeness (QED) is 0.535. The van der Waals surface area contributed by atoms with E-state index in [0.717, 1.165) is 24.1 Å². The smallest absolute Gasteiger partial charge is 0.363 e. The summed E-state index contributed by atoms with van der Waals surface area (Å²) in [5.74, 6) is 0.657. The van der Waals surface area contributed by atoms with Crippen molar-refractivity contribution >= 4 is 23.2 Å². The fourth-order valence-electron chi connectivity index (χ4n) is 3.98. The third-order valence-electron chi connectivity index (χ3n) is 5.20. The Morgan fingerprint density at radius 3 is 2.57 bits per heavy atom. The SMILES string of the molecule is FC(F)(F)c1cc(Cl)c(-n2c[n+]3c(n2)CO[C@H]2Cc4ccccc4C23)c(Cl)c1. The Hall–Kier alpha value is -2.09. The first-order valence-corrected chi connectivity index (χ1v) is 9.34. The van der Waals surface area contributed by atoms with E-state index in [-0.39, 0.29) is 27.9 Å². The zero-order chi connectivity index (χ0) is 19.6. The van der Waals surface area contributed by atoms with Crippen molar-refractivity contribution in [2.75, 3.05) is 0 Å². The molecule has 2 aliphatic rings. The van der Waals surface area contributed by atoms with Crippen LogP contribution in [-0.4, -0.2) is 15.9 Å². The molecule has 3 aromatic rings. The highest BCUT2D eigenvalue weighted by Crippen LogP contribution is 2.38. The third-order valence-corrected chi connectivity index (χ3v) is 5.78. The highest BCUT2D eigenvalue weighted by Gasteiger charge is 2.43. The molecule has 0 fully saturated rings. The van der Waals surface area contributed by atoms with E-state index in [1.807, 2.05) is 16.7 Å². The first-order valence-electron chi connectivity index (χ1n) is 8.58. The molecule has 0 saturated carbocycles. The minimum atomic E-state index is -4.53. The maximum Gasteiger partial charge on any atom is 0.416 e. The molecular weight excluding hydrogens is 414 g/mol. The summed E-state index contributed by atoms with van der Waals surface area (Å²) >= 11 is 12.3. The zero-order valence-corrected chi connectivity index (χ0v) is 15.8. The Balaban J connectivity index is 1.61. The Morgan fingerprint density at radius 2 is 1.86 bits per heavy atom. The second kappa shape index (κ2) is 6.20. The van der Waals surface area contributed by atoms with Crippen molar-refractivity contribution in [2.45, 2.75) is 31.3 Å². The van der Waals surface area contributed by atoms with E-state index in [1.165, 1.54) is 10.2 Å². The standard InChI is InChI=1S/C19H13Cl2F3N3O/c20-13-6-11(19(22,23)24)7-14(21)18(13)27-9-26-16(25-27)8-28-15-5-10-3-1-2-4-12(10)17(15)26/h1-4,6-7,9,15,17H,5,8H2/q+1/t15-,17?/m0/s1. The monoisotopic (exact) mass is 426 g/mol. The van der Waals surface area contributed by atoms with Gasteiger partial charge in [-0.3, -0.25) is 0 Å². The molecule has 0 amide bonds. The Labute approximate surface area is 168 Å². The van der Waals surface area contributed by atoms with Gasteiger partial charge in [0.25, 0.3) is 0 Å². The van der Waals surface area contributed by atoms with Crippen LogP contribution in [0.25, 0.3) is 5.69 Å². The number of ether oxygens (including phenoxy) is 1. The average molecular weight is 427 g/mol. The number of hydrogen-bond donors (Lipinski definition) is 0. The number of rotatable bonds is 1. The van der Waals surface area contributed by atoms with Crippen LogP contribution in [0.15, 0.2) is 42.7 Å². The lowest BCUT2D eigenvalue weighted by Gasteiger charge is -2.23. The van der Waals surface area contributed by atoms with Gasteiger partial charge in [0.1, 0.15) is 18.8 Å². The molecule has 5 rings (SSSR count). The van der Waals surface area contributed by atoms with Crippen LogP contribution in [0.5, 0.6) is 0 Å². The number of aromatic nitrogens is 3. The summed E-state index contributed by atoms with van der Waals surface area (Å²) in [4.78, 5) is 0. The first kappa shape index (κ1) is 18.0. The van der Waals surface area contributed by atoms with Crippen molar-refractivity contribution in [1.82, 2.24) is 9.78 Å². The zero-order valence-electron chi connectivity index (χ0n) is 14.3. The van der Waals surface area contributed by atoms with Crippen LogP contribution in [0, 0.1) is 0 Å². The average Bonchev–Trinajstić information content (AvgIpc) is 3.20. The van der Waals surface area contributed by atoms with Gasteiger partial charge in [-0.25, -0.2) is 4.57 Å². The molecule has 2 heterocycles. The fourth-order valence-corrected chi connectivity index (χ4v) is 4.64. The van der Waals surface area contributed by atoms with Gasteiger partial charge in [0, 0.05) is 11.5 Å². The molecule has 0 radical (unpaired) electrons. The molecule has 144 valence electrons. The van der Waals surface area contributed by atoms with Gasteiger partial charge in [-0.05, 0) is 23.3 Å². The second-order valence-corrected chi connectivity index (χ2v) is 7.68. The van der Waals surface area contributed by atoms with E-state index < -0.39 is 11.7 Å². The third kappa shape index (κ3) is 2.72. The molecule has 0 N–H and O–H groups in total. The maximum absolute atomic E-state index is 13.0. The van der Waals surface area contributed by atoms with Crippen LogP contribution in [0.1, 0.15) is 28.6 Å². The molecule has 4 nitrogen and oxygen atoms in total. The van der Waals surface area contributed by atoms with Crippen molar-refractivity contribution in [2.24, 2.45) is 0 Å². The highest BCUT2D eigenvalue weighted by atomic mass is 35.5. The van der Waals surface area contributed by atoms with Crippen LogP contribution in [0.4, 0.5) is 13.2 Å².